The predicted molar refractivity (Wildman–Crippen MR) is 74.2 cm³/mol. The first-order valence-corrected chi connectivity index (χ1v) is 6.51. The van der Waals surface area contributed by atoms with Crippen LogP contribution in [-0.4, -0.2) is 4.92 Å². The summed E-state index contributed by atoms with van der Waals surface area (Å²) in [5, 5.41) is 16.0. The standard InChI is InChI=1S/C13H14N2O2S/c1-9-7-8-18-13(9)10(2)14-11-3-5-12(6-4-11)15(16)17/h3-8,10,14H,1-2H3. The monoisotopic (exact) mass is 262 g/mol. The molecule has 18 heavy (non-hydrogen) atoms. The van der Waals surface area contributed by atoms with Crippen LogP contribution < -0.4 is 5.32 Å². The minimum Gasteiger partial charge on any atom is -0.378 e. The molecule has 0 saturated heterocycles. The molecule has 0 saturated carbocycles. The van der Waals surface area contributed by atoms with E-state index in [1.807, 2.05) is 0 Å². The Morgan fingerprint density at radius 3 is 2.44 bits per heavy atom. The number of benzene rings is 1. The lowest BCUT2D eigenvalue weighted by atomic mass is 10.2. The fourth-order valence-electron chi connectivity index (χ4n) is 1.82. The fourth-order valence-corrected chi connectivity index (χ4v) is 2.76. The van der Waals surface area contributed by atoms with Gasteiger partial charge in [0, 0.05) is 22.7 Å². The van der Waals surface area contributed by atoms with Crippen molar-refractivity contribution in [3.8, 4) is 0 Å². The lowest BCUT2D eigenvalue weighted by Crippen LogP contribution is -2.05. The van der Waals surface area contributed by atoms with Crippen LogP contribution in [0.2, 0.25) is 0 Å². The highest BCUT2D eigenvalue weighted by Crippen LogP contribution is 2.27. The third kappa shape index (κ3) is 2.68. The topological polar surface area (TPSA) is 55.2 Å². The molecule has 5 heteroatoms. The molecule has 0 aliphatic heterocycles. The van der Waals surface area contributed by atoms with E-state index in [4.69, 9.17) is 0 Å². The smallest absolute Gasteiger partial charge is 0.269 e. The molecular weight excluding hydrogens is 248 g/mol. The number of aryl methyl sites for hydroxylation is 1. The summed E-state index contributed by atoms with van der Waals surface area (Å²) in [5.41, 5.74) is 2.27. The number of non-ortho nitro benzene ring substituents is 1. The lowest BCUT2D eigenvalue weighted by Gasteiger charge is -2.14. The van der Waals surface area contributed by atoms with Gasteiger partial charge in [0.1, 0.15) is 0 Å². The Morgan fingerprint density at radius 1 is 1.28 bits per heavy atom. The number of nitro benzene ring substituents is 1. The second-order valence-corrected chi connectivity index (χ2v) is 5.09. The summed E-state index contributed by atoms with van der Waals surface area (Å²) in [5.74, 6) is 0. The van der Waals surface area contributed by atoms with E-state index in [2.05, 4.69) is 30.6 Å². The van der Waals surface area contributed by atoms with E-state index in [0.717, 1.165) is 5.69 Å². The van der Waals surface area contributed by atoms with Gasteiger partial charge in [-0.05, 0) is 43.0 Å². The van der Waals surface area contributed by atoms with Crippen LogP contribution in [0.4, 0.5) is 11.4 Å². The highest BCUT2D eigenvalue weighted by molar-refractivity contribution is 7.10. The number of nitrogens with one attached hydrogen (secondary N) is 1. The number of nitrogens with zero attached hydrogens (tertiary/aromatic N) is 1. The molecule has 0 aliphatic carbocycles. The molecule has 1 aromatic carbocycles. The fraction of sp³-hybridized carbons (Fsp3) is 0.231. The van der Waals surface area contributed by atoms with Gasteiger partial charge in [-0.1, -0.05) is 0 Å². The number of hydrogen-bond donors (Lipinski definition) is 1. The molecule has 4 nitrogen and oxygen atoms in total. The molecule has 0 amide bonds. The second-order valence-electron chi connectivity index (χ2n) is 4.14. The quantitative estimate of drug-likeness (QED) is 0.665. The van der Waals surface area contributed by atoms with Crippen LogP contribution in [0.3, 0.4) is 0 Å². The van der Waals surface area contributed by atoms with Crippen LogP contribution in [0.1, 0.15) is 23.4 Å². The minimum atomic E-state index is -0.392. The Kier molecular flexibility index (Phi) is 3.62. The zero-order chi connectivity index (χ0) is 13.1. The predicted octanol–water partition coefficient (Wildman–Crippen LogP) is 4.14. The van der Waals surface area contributed by atoms with Crippen molar-refractivity contribution < 1.29 is 4.92 Å². The Morgan fingerprint density at radius 2 is 1.94 bits per heavy atom. The summed E-state index contributed by atoms with van der Waals surface area (Å²) in [4.78, 5) is 11.4. The highest BCUT2D eigenvalue weighted by Gasteiger charge is 2.10. The third-order valence-electron chi connectivity index (χ3n) is 2.76. The third-order valence-corrected chi connectivity index (χ3v) is 3.96. The van der Waals surface area contributed by atoms with Crippen molar-refractivity contribution in [3.63, 3.8) is 0 Å². The van der Waals surface area contributed by atoms with Gasteiger partial charge in [-0.25, -0.2) is 0 Å². The van der Waals surface area contributed by atoms with Gasteiger partial charge in [-0.3, -0.25) is 10.1 Å². The average molecular weight is 262 g/mol. The van der Waals surface area contributed by atoms with Gasteiger partial charge in [0.05, 0.1) is 11.0 Å². The van der Waals surface area contributed by atoms with E-state index in [1.54, 1.807) is 23.5 Å². The lowest BCUT2D eigenvalue weighted by molar-refractivity contribution is -0.384. The van der Waals surface area contributed by atoms with Crippen molar-refractivity contribution in [2.24, 2.45) is 0 Å². The second kappa shape index (κ2) is 5.18. The summed E-state index contributed by atoms with van der Waals surface area (Å²) in [7, 11) is 0. The molecule has 1 aromatic heterocycles. The normalized spacial score (nSPS) is 12.1. The maximum Gasteiger partial charge on any atom is 0.269 e. The van der Waals surface area contributed by atoms with E-state index in [0.29, 0.717) is 0 Å². The first-order valence-electron chi connectivity index (χ1n) is 5.63. The van der Waals surface area contributed by atoms with Crippen LogP contribution in [0.25, 0.3) is 0 Å². The SMILES string of the molecule is Cc1ccsc1C(C)Nc1ccc([N+](=O)[O-])cc1. The van der Waals surface area contributed by atoms with Crippen molar-refractivity contribution >= 4 is 22.7 Å². The van der Waals surface area contributed by atoms with Gasteiger partial charge < -0.3 is 5.32 Å². The largest absolute Gasteiger partial charge is 0.378 e. The van der Waals surface area contributed by atoms with Gasteiger partial charge >= 0.3 is 0 Å². The molecule has 1 N–H and O–H groups in total. The Hall–Kier alpha value is -1.88. The van der Waals surface area contributed by atoms with E-state index in [-0.39, 0.29) is 11.7 Å². The summed E-state index contributed by atoms with van der Waals surface area (Å²) >= 11 is 1.71. The average Bonchev–Trinajstić information content (AvgIpc) is 2.76. The molecule has 0 fully saturated rings. The van der Waals surface area contributed by atoms with Crippen LogP contribution in [0, 0.1) is 17.0 Å². The molecule has 2 rings (SSSR count). The maximum absolute atomic E-state index is 10.6. The minimum absolute atomic E-state index is 0.112. The Labute approximate surface area is 109 Å². The molecular formula is C13H14N2O2S. The summed E-state index contributed by atoms with van der Waals surface area (Å²) < 4.78 is 0. The first-order chi connectivity index (χ1) is 8.58. The van der Waals surface area contributed by atoms with Crippen LogP contribution in [0.15, 0.2) is 35.7 Å². The van der Waals surface area contributed by atoms with E-state index in [9.17, 15) is 10.1 Å². The number of nitro groups is 1. The molecule has 1 unspecified atom stereocenters. The van der Waals surface area contributed by atoms with Gasteiger partial charge in [0.15, 0.2) is 0 Å². The van der Waals surface area contributed by atoms with Gasteiger partial charge in [-0.15, -0.1) is 11.3 Å². The van der Waals surface area contributed by atoms with Crippen molar-refractivity contribution in [2.75, 3.05) is 5.32 Å². The molecule has 1 atom stereocenters. The van der Waals surface area contributed by atoms with Crippen molar-refractivity contribution in [1.29, 1.82) is 0 Å². The van der Waals surface area contributed by atoms with E-state index >= 15 is 0 Å². The Balaban J connectivity index is 2.10. The molecule has 0 bridgehead atoms. The number of hydrogen-bond acceptors (Lipinski definition) is 4. The van der Waals surface area contributed by atoms with Gasteiger partial charge in [-0.2, -0.15) is 0 Å². The summed E-state index contributed by atoms with van der Waals surface area (Å²) in [6.45, 7) is 4.17. The van der Waals surface area contributed by atoms with E-state index < -0.39 is 4.92 Å². The van der Waals surface area contributed by atoms with Crippen LogP contribution >= 0.6 is 11.3 Å². The molecule has 1 heterocycles. The van der Waals surface area contributed by atoms with Crippen LogP contribution in [0.5, 0.6) is 0 Å². The van der Waals surface area contributed by atoms with Crippen molar-refractivity contribution in [1.82, 2.24) is 0 Å². The molecule has 0 aliphatic rings. The number of rotatable bonds is 4. The molecule has 2 aromatic rings. The molecule has 94 valence electrons. The maximum atomic E-state index is 10.6. The summed E-state index contributed by atoms with van der Waals surface area (Å²) in [6.07, 6.45) is 0. The Bertz CT molecular complexity index is 548. The van der Waals surface area contributed by atoms with E-state index in [1.165, 1.54) is 22.6 Å². The zero-order valence-corrected chi connectivity index (χ0v) is 11.0. The molecule has 0 spiro atoms. The number of thiophene rings is 1. The number of anilines is 1. The summed E-state index contributed by atoms with van der Waals surface area (Å²) in [6, 6.07) is 8.78. The van der Waals surface area contributed by atoms with Gasteiger partial charge in [0.25, 0.3) is 5.69 Å². The molecule has 0 radical (unpaired) electrons. The van der Waals surface area contributed by atoms with Gasteiger partial charge in [0.2, 0.25) is 0 Å². The van der Waals surface area contributed by atoms with Crippen LogP contribution in [-0.2, 0) is 0 Å². The zero-order valence-electron chi connectivity index (χ0n) is 10.2. The van der Waals surface area contributed by atoms with Crippen molar-refractivity contribution in [2.45, 2.75) is 19.9 Å². The van der Waals surface area contributed by atoms with Crippen molar-refractivity contribution in [3.05, 3.63) is 56.3 Å². The first kappa shape index (κ1) is 12.6. The highest BCUT2D eigenvalue weighted by atomic mass is 32.1.